The summed E-state index contributed by atoms with van der Waals surface area (Å²) in [7, 11) is 0. The molecular formula is C13H17N3O3. The molecule has 1 aromatic rings. The molecule has 0 bridgehead atoms. The molecule has 102 valence electrons. The summed E-state index contributed by atoms with van der Waals surface area (Å²) >= 11 is 0. The van der Waals surface area contributed by atoms with Crippen molar-refractivity contribution in [3.8, 4) is 17.2 Å². The van der Waals surface area contributed by atoms with Crippen LogP contribution in [0, 0.1) is 0 Å². The zero-order valence-electron chi connectivity index (χ0n) is 10.8. The molecule has 1 aromatic carbocycles. The van der Waals surface area contributed by atoms with E-state index in [0.717, 1.165) is 29.8 Å². The second-order valence-corrected chi connectivity index (χ2v) is 4.52. The van der Waals surface area contributed by atoms with Gasteiger partial charge in [-0.3, -0.25) is 4.99 Å². The minimum Gasteiger partial charge on any atom is -0.492 e. The molecule has 1 unspecified atom stereocenters. The topological polar surface area (TPSA) is 64.1 Å². The van der Waals surface area contributed by atoms with Crippen molar-refractivity contribution in [2.45, 2.75) is 13.0 Å². The molecule has 2 heterocycles. The minimum absolute atomic E-state index is 0.282. The van der Waals surface area contributed by atoms with Crippen LogP contribution in [-0.4, -0.2) is 38.5 Å². The highest BCUT2D eigenvalue weighted by molar-refractivity contribution is 5.81. The predicted octanol–water partition coefficient (Wildman–Crippen LogP) is 0.731. The zero-order valence-corrected chi connectivity index (χ0v) is 10.8. The maximum Gasteiger partial charge on any atom is 0.231 e. The summed E-state index contributed by atoms with van der Waals surface area (Å²) in [5.74, 6) is 3.13. The minimum atomic E-state index is 0.282. The summed E-state index contributed by atoms with van der Waals surface area (Å²) in [5.41, 5.74) is 0. The van der Waals surface area contributed by atoms with Gasteiger partial charge in [0.2, 0.25) is 6.79 Å². The van der Waals surface area contributed by atoms with Crippen molar-refractivity contribution in [3.05, 3.63) is 18.2 Å². The normalized spacial score (nSPS) is 19.8. The molecule has 0 aliphatic carbocycles. The van der Waals surface area contributed by atoms with Crippen molar-refractivity contribution < 1.29 is 14.2 Å². The van der Waals surface area contributed by atoms with Gasteiger partial charge in [0.15, 0.2) is 17.5 Å². The molecule has 2 aliphatic rings. The fourth-order valence-corrected chi connectivity index (χ4v) is 1.96. The van der Waals surface area contributed by atoms with Crippen molar-refractivity contribution >= 4 is 5.96 Å². The van der Waals surface area contributed by atoms with Gasteiger partial charge >= 0.3 is 0 Å². The van der Waals surface area contributed by atoms with Gasteiger partial charge in [-0.2, -0.15) is 0 Å². The van der Waals surface area contributed by atoms with E-state index in [1.165, 1.54) is 0 Å². The summed E-state index contributed by atoms with van der Waals surface area (Å²) in [6.07, 6.45) is 0. The molecule has 6 nitrogen and oxygen atoms in total. The quantitative estimate of drug-likeness (QED) is 0.784. The predicted molar refractivity (Wildman–Crippen MR) is 71.0 cm³/mol. The van der Waals surface area contributed by atoms with Gasteiger partial charge < -0.3 is 24.8 Å². The second kappa shape index (κ2) is 5.26. The van der Waals surface area contributed by atoms with Crippen molar-refractivity contribution in [2.75, 3.05) is 26.5 Å². The number of nitrogens with zero attached hydrogens (tertiary/aromatic N) is 1. The van der Waals surface area contributed by atoms with E-state index in [-0.39, 0.29) is 6.79 Å². The first kappa shape index (κ1) is 12.0. The third kappa shape index (κ3) is 2.83. The van der Waals surface area contributed by atoms with E-state index in [0.29, 0.717) is 19.2 Å². The van der Waals surface area contributed by atoms with Crippen LogP contribution < -0.4 is 24.8 Å². The number of fused-ring (bicyclic) bond motifs is 1. The lowest BCUT2D eigenvalue weighted by Crippen LogP contribution is -2.39. The summed E-state index contributed by atoms with van der Waals surface area (Å²) in [4.78, 5) is 4.31. The fourth-order valence-electron chi connectivity index (χ4n) is 1.96. The number of aliphatic imine (C=N–C) groups is 1. The fraction of sp³-hybridized carbons (Fsp3) is 0.462. The summed E-state index contributed by atoms with van der Waals surface area (Å²) in [5, 5.41) is 6.43. The Morgan fingerprint density at radius 2 is 2.32 bits per heavy atom. The molecule has 3 rings (SSSR count). The molecule has 0 fully saturated rings. The number of nitrogens with one attached hydrogen (secondary N) is 2. The molecule has 1 atom stereocenters. The Morgan fingerprint density at radius 3 is 3.16 bits per heavy atom. The zero-order chi connectivity index (χ0) is 13.1. The van der Waals surface area contributed by atoms with E-state index < -0.39 is 0 Å². The van der Waals surface area contributed by atoms with Crippen LogP contribution in [0.3, 0.4) is 0 Å². The Kier molecular flexibility index (Phi) is 3.31. The lowest BCUT2D eigenvalue weighted by molar-refractivity contribution is 0.173. The molecule has 0 amide bonds. The molecule has 19 heavy (non-hydrogen) atoms. The van der Waals surface area contributed by atoms with Crippen LogP contribution in [0.1, 0.15) is 6.92 Å². The maximum absolute atomic E-state index is 5.64. The van der Waals surface area contributed by atoms with E-state index >= 15 is 0 Å². The Hall–Kier alpha value is -2.11. The summed E-state index contributed by atoms with van der Waals surface area (Å²) < 4.78 is 16.2. The van der Waals surface area contributed by atoms with Gasteiger partial charge in [-0.15, -0.1) is 0 Å². The highest BCUT2D eigenvalue weighted by atomic mass is 16.7. The van der Waals surface area contributed by atoms with Crippen LogP contribution >= 0.6 is 0 Å². The van der Waals surface area contributed by atoms with Crippen LogP contribution in [-0.2, 0) is 0 Å². The molecule has 0 spiro atoms. The molecule has 6 heteroatoms. The lowest BCUT2D eigenvalue weighted by atomic mass is 10.3. The second-order valence-electron chi connectivity index (χ2n) is 4.52. The largest absolute Gasteiger partial charge is 0.492 e. The number of hydrogen-bond donors (Lipinski definition) is 2. The van der Waals surface area contributed by atoms with Gasteiger partial charge in [0.25, 0.3) is 0 Å². The molecule has 0 saturated heterocycles. The summed E-state index contributed by atoms with van der Waals surface area (Å²) in [6.45, 7) is 4.47. The molecule has 0 saturated carbocycles. The standard InChI is InChI=1S/C13H17N3O3/c1-9-7-15-13(16-9)14-4-5-17-10-2-3-11-12(6-10)19-8-18-11/h2-3,6,9H,4-5,7-8H2,1H3,(H2,14,15,16). The van der Waals surface area contributed by atoms with Gasteiger partial charge in [0.05, 0.1) is 13.1 Å². The first-order valence-electron chi connectivity index (χ1n) is 6.38. The molecule has 0 radical (unpaired) electrons. The Labute approximate surface area is 111 Å². The number of ether oxygens (including phenoxy) is 3. The van der Waals surface area contributed by atoms with Crippen LogP contribution in [0.5, 0.6) is 17.2 Å². The third-order valence-corrected chi connectivity index (χ3v) is 2.91. The van der Waals surface area contributed by atoms with E-state index in [4.69, 9.17) is 14.2 Å². The molecule has 2 N–H and O–H groups in total. The van der Waals surface area contributed by atoms with E-state index in [1.807, 2.05) is 18.2 Å². The molecule has 0 aromatic heterocycles. The van der Waals surface area contributed by atoms with E-state index in [9.17, 15) is 0 Å². The number of rotatable bonds is 4. The highest BCUT2D eigenvalue weighted by Gasteiger charge is 2.14. The molecule has 2 aliphatic heterocycles. The van der Waals surface area contributed by atoms with Gasteiger partial charge in [0.1, 0.15) is 12.4 Å². The van der Waals surface area contributed by atoms with Crippen molar-refractivity contribution in [3.63, 3.8) is 0 Å². The van der Waals surface area contributed by atoms with Gasteiger partial charge in [-0.05, 0) is 19.1 Å². The first-order valence-corrected chi connectivity index (χ1v) is 6.38. The third-order valence-electron chi connectivity index (χ3n) is 2.91. The van der Waals surface area contributed by atoms with Gasteiger partial charge in [-0.25, -0.2) is 0 Å². The number of benzene rings is 1. The van der Waals surface area contributed by atoms with Crippen LogP contribution in [0.4, 0.5) is 0 Å². The Morgan fingerprint density at radius 1 is 1.42 bits per heavy atom. The summed E-state index contributed by atoms with van der Waals surface area (Å²) in [6, 6.07) is 5.99. The van der Waals surface area contributed by atoms with E-state index in [1.54, 1.807) is 0 Å². The van der Waals surface area contributed by atoms with Crippen molar-refractivity contribution in [1.29, 1.82) is 0 Å². The van der Waals surface area contributed by atoms with E-state index in [2.05, 4.69) is 22.5 Å². The first-order chi connectivity index (χ1) is 9.31. The van der Waals surface area contributed by atoms with Crippen LogP contribution in [0.25, 0.3) is 0 Å². The SMILES string of the molecule is CC1CN=C(NCCOc2ccc3c(c2)OCO3)N1. The lowest BCUT2D eigenvalue weighted by Gasteiger charge is -2.10. The Bertz CT molecular complexity index is 490. The number of hydrogen-bond acceptors (Lipinski definition) is 6. The monoisotopic (exact) mass is 263 g/mol. The van der Waals surface area contributed by atoms with Crippen molar-refractivity contribution in [1.82, 2.24) is 10.6 Å². The van der Waals surface area contributed by atoms with Crippen molar-refractivity contribution in [2.24, 2.45) is 4.99 Å². The Balaban J connectivity index is 1.43. The smallest absolute Gasteiger partial charge is 0.231 e. The van der Waals surface area contributed by atoms with Gasteiger partial charge in [0, 0.05) is 12.1 Å². The number of guanidine groups is 1. The van der Waals surface area contributed by atoms with Gasteiger partial charge in [-0.1, -0.05) is 0 Å². The molecular weight excluding hydrogens is 246 g/mol. The average molecular weight is 263 g/mol. The van der Waals surface area contributed by atoms with Crippen LogP contribution in [0.15, 0.2) is 23.2 Å². The van der Waals surface area contributed by atoms with Crippen LogP contribution in [0.2, 0.25) is 0 Å². The average Bonchev–Trinajstić information content (AvgIpc) is 3.03. The maximum atomic E-state index is 5.64. The highest BCUT2D eigenvalue weighted by Crippen LogP contribution is 2.34.